The predicted molar refractivity (Wildman–Crippen MR) is 54.5 cm³/mol. The van der Waals surface area contributed by atoms with Gasteiger partial charge in [0.2, 0.25) is 0 Å². The molecule has 0 aliphatic heterocycles. The molecule has 0 N–H and O–H groups in total. The summed E-state index contributed by atoms with van der Waals surface area (Å²) in [7, 11) is 0. The number of halogens is 4. The summed E-state index contributed by atoms with van der Waals surface area (Å²) < 4.78 is 53.4. The van der Waals surface area contributed by atoms with Crippen molar-refractivity contribution >= 4 is 0 Å². The second kappa shape index (κ2) is 3.32. The van der Waals surface area contributed by atoms with Gasteiger partial charge in [-0.15, -0.1) is 0 Å². The first-order chi connectivity index (χ1) is 8.11. The van der Waals surface area contributed by atoms with Crippen LogP contribution in [0, 0.1) is 23.3 Å². The standard InChI is InChI=1S/C13H6F4/c14-10-8-5-6-3-1-2-4-7(6)9(8)11(15)13(17)12(10)16/h1-4H,5H2. The molecule has 2 aromatic rings. The van der Waals surface area contributed by atoms with Gasteiger partial charge >= 0.3 is 0 Å². The van der Waals surface area contributed by atoms with Gasteiger partial charge in [-0.2, -0.15) is 0 Å². The maximum Gasteiger partial charge on any atom is 0.198 e. The van der Waals surface area contributed by atoms with Crippen molar-refractivity contribution in [1.29, 1.82) is 0 Å². The quantitative estimate of drug-likeness (QED) is 0.317. The van der Waals surface area contributed by atoms with Crippen molar-refractivity contribution in [3.63, 3.8) is 0 Å². The average molecular weight is 238 g/mol. The van der Waals surface area contributed by atoms with Crippen LogP contribution in [0.25, 0.3) is 11.1 Å². The SMILES string of the molecule is Fc1c(F)c(F)c2c(c1F)Cc1ccccc1-2. The third kappa shape index (κ3) is 1.24. The first-order valence-electron chi connectivity index (χ1n) is 5.04. The fraction of sp³-hybridized carbons (Fsp3) is 0.0769. The van der Waals surface area contributed by atoms with Crippen LogP contribution >= 0.6 is 0 Å². The number of hydrogen-bond acceptors (Lipinski definition) is 0. The highest BCUT2D eigenvalue weighted by atomic mass is 19.2. The van der Waals surface area contributed by atoms with E-state index in [0.717, 1.165) is 0 Å². The van der Waals surface area contributed by atoms with Crippen LogP contribution in [0.4, 0.5) is 17.6 Å². The van der Waals surface area contributed by atoms with Crippen molar-refractivity contribution < 1.29 is 17.6 Å². The Morgan fingerprint density at radius 2 is 1.41 bits per heavy atom. The molecule has 3 rings (SSSR count). The fourth-order valence-corrected chi connectivity index (χ4v) is 2.23. The maximum absolute atomic E-state index is 13.6. The van der Waals surface area contributed by atoms with Gasteiger partial charge in [0.1, 0.15) is 0 Å². The van der Waals surface area contributed by atoms with Crippen LogP contribution in [-0.2, 0) is 6.42 Å². The van der Waals surface area contributed by atoms with Gasteiger partial charge in [-0.1, -0.05) is 24.3 Å². The Kier molecular flexibility index (Phi) is 2.02. The monoisotopic (exact) mass is 238 g/mol. The molecule has 0 aromatic heterocycles. The van der Waals surface area contributed by atoms with Crippen molar-refractivity contribution in [1.82, 2.24) is 0 Å². The lowest BCUT2D eigenvalue weighted by molar-refractivity contribution is 0.407. The zero-order valence-electron chi connectivity index (χ0n) is 8.53. The van der Waals surface area contributed by atoms with Crippen LogP contribution in [0.1, 0.15) is 11.1 Å². The molecule has 0 unspecified atom stereocenters. The van der Waals surface area contributed by atoms with Gasteiger partial charge in [-0.05, 0) is 11.1 Å². The van der Waals surface area contributed by atoms with Crippen LogP contribution < -0.4 is 0 Å². The average Bonchev–Trinajstić information content (AvgIpc) is 2.73. The van der Waals surface area contributed by atoms with Crippen LogP contribution in [-0.4, -0.2) is 0 Å². The Labute approximate surface area is 94.5 Å². The number of benzene rings is 2. The van der Waals surface area contributed by atoms with Gasteiger partial charge in [0.25, 0.3) is 0 Å². The molecular weight excluding hydrogens is 232 g/mol. The summed E-state index contributed by atoms with van der Waals surface area (Å²) in [6.07, 6.45) is 0.0887. The summed E-state index contributed by atoms with van der Waals surface area (Å²) in [4.78, 5) is 0. The molecule has 1 aliphatic carbocycles. The molecular formula is C13H6F4. The van der Waals surface area contributed by atoms with Crippen LogP contribution in [0.15, 0.2) is 24.3 Å². The first kappa shape index (κ1) is 10.3. The van der Waals surface area contributed by atoms with E-state index >= 15 is 0 Å². The number of hydrogen-bond donors (Lipinski definition) is 0. The second-order valence-electron chi connectivity index (χ2n) is 3.94. The Morgan fingerprint density at radius 3 is 2.18 bits per heavy atom. The minimum Gasteiger partial charge on any atom is -0.203 e. The molecule has 0 saturated carbocycles. The van der Waals surface area contributed by atoms with Crippen LogP contribution in [0.2, 0.25) is 0 Å². The van der Waals surface area contributed by atoms with E-state index in [2.05, 4.69) is 0 Å². The molecule has 4 heteroatoms. The van der Waals surface area contributed by atoms with E-state index < -0.39 is 23.3 Å². The van der Waals surface area contributed by atoms with E-state index in [1.54, 1.807) is 24.3 Å². The molecule has 1 aliphatic rings. The molecule has 0 amide bonds. The molecule has 0 atom stereocenters. The Morgan fingerprint density at radius 1 is 0.765 bits per heavy atom. The molecule has 0 nitrogen and oxygen atoms in total. The highest BCUT2D eigenvalue weighted by Gasteiger charge is 2.31. The van der Waals surface area contributed by atoms with Gasteiger partial charge in [-0.25, -0.2) is 17.6 Å². The van der Waals surface area contributed by atoms with Crippen molar-refractivity contribution in [2.45, 2.75) is 6.42 Å². The lowest BCUT2D eigenvalue weighted by Gasteiger charge is -2.06. The summed E-state index contributed by atoms with van der Waals surface area (Å²) in [6, 6.07) is 6.62. The minimum atomic E-state index is -1.75. The highest BCUT2D eigenvalue weighted by molar-refractivity contribution is 5.77. The lowest BCUT2D eigenvalue weighted by atomic mass is 10.0. The predicted octanol–water partition coefficient (Wildman–Crippen LogP) is 3.81. The van der Waals surface area contributed by atoms with Gasteiger partial charge in [-0.3, -0.25) is 0 Å². The molecule has 0 radical (unpaired) electrons. The molecule has 2 aromatic carbocycles. The molecule has 0 heterocycles. The summed E-state index contributed by atoms with van der Waals surface area (Å²) in [5, 5.41) is 0. The van der Waals surface area contributed by atoms with Crippen LogP contribution in [0.3, 0.4) is 0 Å². The second-order valence-corrected chi connectivity index (χ2v) is 3.94. The minimum absolute atomic E-state index is 0.0887. The highest BCUT2D eigenvalue weighted by Crippen LogP contribution is 2.41. The van der Waals surface area contributed by atoms with E-state index in [1.807, 2.05) is 0 Å². The largest absolute Gasteiger partial charge is 0.203 e. The first-order valence-corrected chi connectivity index (χ1v) is 5.04. The number of fused-ring (bicyclic) bond motifs is 3. The fourth-order valence-electron chi connectivity index (χ4n) is 2.23. The Balaban J connectivity index is 2.41. The summed E-state index contributed by atoms with van der Waals surface area (Å²) in [5.74, 6) is -6.11. The van der Waals surface area contributed by atoms with Gasteiger partial charge < -0.3 is 0 Å². The van der Waals surface area contributed by atoms with E-state index in [0.29, 0.717) is 11.1 Å². The summed E-state index contributed by atoms with van der Waals surface area (Å²) in [5.41, 5.74) is 0.836. The zero-order chi connectivity index (χ0) is 12.2. The Bertz CT molecular complexity index is 632. The lowest BCUT2D eigenvalue weighted by Crippen LogP contribution is -2.01. The third-order valence-electron chi connectivity index (χ3n) is 3.02. The molecule has 0 fully saturated rings. The van der Waals surface area contributed by atoms with Crippen molar-refractivity contribution in [2.75, 3.05) is 0 Å². The third-order valence-corrected chi connectivity index (χ3v) is 3.02. The van der Waals surface area contributed by atoms with Gasteiger partial charge in [0.05, 0.1) is 0 Å². The van der Waals surface area contributed by atoms with Gasteiger partial charge in [0, 0.05) is 17.5 Å². The van der Waals surface area contributed by atoms with Crippen LogP contribution in [0.5, 0.6) is 0 Å². The van der Waals surface area contributed by atoms with Crippen molar-refractivity contribution in [3.05, 3.63) is 58.7 Å². The molecule has 0 saturated heterocycles. The van der Waals surface area contributed by atoms with E-state index in [4.69, 9.17) is 0 Å². The smallest absolute Gasteiger partial charge is 0.198 e. The normalized spacial score (nSPS) is 12.5. The van der Waals surface area contributed by atoms with E-state index in [-0.39, 0.29) is 17.5 Å². The van der Waals surface area contributed by atoms with Gasteiger partial charge in [0.15, 0.2) is 23.3 Å². The van der Waals surface area contributed by atoms with E-state index in [9.17, 15) is 17.6 Å². The molecule has 86 valence electrons. The zero-order valence-corrected chi connectivity index (χ0v) is 8.53. The molecule has 17 heavy (non-hydrogen) atoms. The molecule has 0 spiro atoms. The topological polar surface area (TPSA) is 0 Å². The van der Waals surface area contributed by atoms with Crippen molar-refractivity contribution in [3.8, 4) is 11.1 Å². The summed E-state index contributed by atoms with van der Waals surface area (Å²) in [6.45, 7) is 0. The maximum atomic E-state index is 13.6. The number of rotatable bonds is 0. The molecule has 0 bridgehead atoms. The van der Waals surface area contributed by atoms with Crippen molar-refractivity contribution in [2.24, 2.45) is 0 Å². The van der Waals surface area contributed by atoms with E-state index in [1.165, 1.54) is 0 Å². The Hall–Kier alpha value is -1.84. The summed E-state index contributed by atoms with van der Waals surface area (Å²) >= 11 is 0.